The molecule has 1 aromatic carbocycles. The molecule has 1 saturated heterocycles. The number of halogens is 2. The normalized spacial score (nSPS) is 15.5. The smallest absolute Gasteiger partial charge is 0.239 e. The Morgan fingerprint density at radius 2 is 1.78 bits per heavy atom. The van der Waals surface area contributed by atoms with Crippen molar-refractivity contribution in [2.75, 3.05) is 0 Å². The molecule has 0 spiro atoms. The van der Waals surface area contributed by atoms with E-state index in [1.807, 2.05) is 0 Å². The molecule has 0 radical (unpaired) electrons. The molecule has 118 valence electrons. The summed E-state index contributed by atoms with van der Waals surface area (Å²) >= 11 is 16.9. The predicted octanol–water partition coefficient (Wildman–Crippen LogP) is 2.94. The summed E-state index contributed by atoms with van der Waals surface area (Å²) in [5.74, 6) is -0.788. The molecule has 2 aromatic rings. The SMILES string of the molecule is O=C1NC(=S)NC(=O)C1Cc1ccc(-c2cc(Cl)ccc2Cl)o1. The molecule has 0 aliphatic carbocycles. The summed E-state index contributed by atoms with van der Waals surface area (Å²) in [5, 5.41) is 5.87. The molecule has 0 atom stereocenters. The number of hydrogen-bond donors (Lipinski definition) is 2. The Kier molecular flexibility index (Phi) is 4.39. The van der Waals surface area contributed by atoms with Crippen molar-refractivity contribution >= 4 is 52.3 Å². The molecule has 2 heterocycles. The van der Waals surface area contributed by atoms with Crippen molar-refractivity contribution in [1.29, 1.82) is 0 Å². The Balaban J connectivity index is 1.82. The Labute approximate surface area is 146 Å². The monoisotopic (exact) mass is 368 g/mol. The highest BCUT2D eigenvalue weighted by atomic mass is 35.5. The largest absolute Gasteiger partial charge is 0.461 e. The standard InChI is InChI=1S/C15H10Cl2N2O3S/c16-7-1-3-11(17)9(5-7)12-4-2-8(22-12)6-10-13(20)18-15(23)19-14(10)21/h1-5,10H,6H2,(H2,18,19,20,21,23). The van der Waals surface area contributed by atoms with E-state index in [1.54, 1.807) is 30.3 Å². The summed E-state index contributed by atoms with van der Waals surface area (Å²) in [4.78, 5) is 23.7. The van der Waals surface area contributed by atoms with Gasteiger partial charge in [0.25, 0.3) is 0 Å². The number of furan rings is 1. The molecule has 2 amide bonds. The molecular formula is C15H10Cl2N2O3S. The zero-order valence-corrected chi connectivity index (χ0v) is 13.9. The molecular weight excluding hydrogens is 359 g/mol. The van der Waals surface area contributed by atoms with E-state index in [2.05, 4.69) is 10.6 Å². The summed E-state index contributed by atoms with van der Waals surface area (Å²) < 4.78 is 5.70. The Bertz CT molecular complexity index is 799. The van der Waals surface area contributed by atoms with Gasteiger partial charge in [-0.15, -0.1) is 0 Å². The first-order valence-electron chi connectivity index (χ1n) is 6.64. The second kappa shape index (κ2) is 6.31. The Morgan fingerprint density at radius 1 is 1.09 bits per heavy atom. The van der Waals surface area contributed by atoms with E-state index < -0.39 is 17.7 Å². The van der Waals surface area contributed by atoms with E-state index >= 15 is 0 Å². The van der Waals surface area contributed by atoms with Gasteiger partial charge in [-0.2, -0.15) is 0 Å². The van der Waals surface area contributed by atoms with Crippen molar-refractivity contribution in [3.63, 3.8) is 0 Å². The predicted molar refractivity (Wildman–Crippen MR) is 90.2 cm³/mol. The van der Waals surface area contributed by atoms with Crippen LogP contribution in [0.15, 0.2) is 34.7 Å². The third-order valence-corrected chi connectivity index (χ3v) is 4.14. The van der Waals surface area contributed by atoms with Crippen molar-refractivity contribution in [3.05, 3.63) is 46.1 Å². The minimum atomic E-state index is -0.893. The van der Waals surface area contributed by atoms with E-state index in [0.29, 0.717) is 27.1 Å². The van der Waals surface area contributed by atoms with Crippen LogP contribution >= 0.6 is 35.4 Å². The van der Waals surface area contributed by atoms with Gasteiger partial charge in [-0.05, 0) is 42.5 Å². The second-order valence-electron chi connectivity index (χ2n) is 4.95. The molecule has 0 saturated carbocycles. The van der Waals surface area contributed by atoms with E-state index in [-0.39, 0.29) is 11.5 Å². The van der Waals surface area contributed by atoms with Crippen LogP contribution in [0.2, 0.25) is 10.0 Å². The molecule has 1 aliphatic rings. The molecule has 2 N–H and O–H groups in total. The van der Waals surface area contributed by atoms with E-state index in [4.69, 9.17) is 39.8 Å². The molecule has 1 aliphatic heterocycles. The number of thiocarbonyl (C=S) groups is 1. The lowest BCUT2D eigenvalue weighted by atomic mass is 10.0. The first kappa shape index (κ1) is 16.0. The van der Waals surface area contributed by atoms with E-state index in [9.17, 15) is 9.59 Å². The summed E-state index contributed by atoms with van der Waals surface area (Å²) in [6.45, 7) is 0. The lowest BCUT2D eigenvalue weighted by Gasteiger charge is -2.21. The quantitative estimate of drug-likeness (QED) is 0.645. The number of amides is 2. The van der Waals surface area contributed by atoms with Crippen LogP contribution < -0.4 is 10.6 Å². The number of nitrogens with one attached hydrogen (secondary N) is 2. The van der Waals surface area contributed by atoms with Crippen LogP contribution in [0.5, 0.6) is 0 Å². The van der Waals surface area contributed by atoms with Gasteiger partial charge in [0.1, 0.15) is 17.4 Å². The van der Waals surface area contributed by atoms with Crippen molar-refractivity contribution in [2.24, 2.45) is 5.92 Å². The lowest BCUT2D eigenvalue weighted by molar-refractivity contribution is -0.135. The Morgan fingerprint density at radius 3 is 2.48 bits per heavy atom. The van der Waals surface area contributed by atoms with Gasteiger partial charge in [0.15, 0.2) is 5.11 Å². The van der Waals surface area contributed by atoms with Crippen LogP contribution in [-0.4, -0.2) is 16.9 Å². The Hall–Kier alpha value is -1.89. The molecule has 23 heavy (non-hydrogen) atoms. The van der Waals surface area contributed by atoms with Crippen LogP contribution in [0.3, 0.4) is 0 Å². The second-order valence-corrected chi connectivity index (χ2v) is 6.21. The third kappa shape index (κ3) is 3.39. The van der Waals surface area contributed by atoms with Crippen LogP contribution in [0.4, 0.5) is 0 Å². The van der Waals surface area contributed by atoms with Gasteiger partial charge in [0.05, 0.1) is 5.02 Å². The number of carbonyl (C=O) groups is 2. The first-order valence-corrected chi connectivity index (χ1v) is 7.80. The molecule has 3 rings (SSSR count). The fourth-order valence-electron chi connectivity index (χ4n) is 2.25. The highest BCUT2D eigenvalue weighted by molar-refractivity contribution is 7.80. The maximum absolute atomic E-state index is 11.9. The number of benzene rings is 1. The maximum Gasteiger partial charge on any atom is 0.239 e. The maximum atomic E-state index is 11.9. The van der Waals surface area contributed by atoms with Gasteiger partial charge in [-0.25, -0.2) is 0 Å². The van der Waals surface area contributed by atoms with Crippen molar-refractivity contribution in [3.8, 4) is 11.3 Å². The van der Waals surface area contributed by atoms with E-state index in [1.165, 1.54) is 0 Å². The van der Waals surface area contributed by atoms with Gasteiger partial charge >= 0.3 is 0 Å². The summed E-state index contributed by atoms with van der Waals surface area (Å²) in [6, 6.07) is 8.45. The molecule has 0 unspecified atom stereocenters. The molecule has 0 bridgehead atoms. The molecule has 5 nitrogen and oxygen atoms in total. The zero-order chi connectivity index (χ0) is 16.6. The lowest BCUT2D eigenvalue weighted by Crippen LogP contribution is -2.56. The summed E-state index contributed by atoms with van der Waals surface area (Å²) in [7, 11) is 0. The summed E-state index contributed by atoms with van der Waals surface area (Å²) in [6.07, 6.45) is 0.123. The molecule has 1 aromatic heterocycles. The van der Waals surface area contributed by atoms with Crippen molar-refractivity contribution < 1.29 is 14.0 Å². The minimum Gasteiger partial charge on any atom is -0.461 e. The topological polar surface area (TPSA) is 71.3 Å². The highest BCUT2D eigenvalue weighted by Crippen LogP contribution is 2.32. The average Bonchev–Trinajstić information content (AvgIpc) is 2.94. The van der Waals surface area contributed by atoms with Crippen LogP contribution in [-0.2, 0) is 16.0 Å². The molecule has 8 heteroatoms. The zero-order valence-electron chi connectivity index (χ0n) is 11.6. The van der Waals surface area contributed by atoms with Crippen LogP contribution in [0.1, 0.15) is 5.76 Å². The minimum absolute atomic E-state index is 0.0158. The van der Waals surface area contributed by atoms with Gasteiger partial charge in [-0.1, -0.05) is 23.2 Å². The van der Waals surface area contributed by atoms with Gasteiger partial charge in [0, 0.05) is 17.0 Å². The number of carbonyl (C=O) groups excluding carboxylic acids is 2. The fraction of sp³-hybridized carbons (Fsp3) is 0.133. The van der Waals surface area contributed by atoms with Crippen molar-refractivity contribution in [2.45, 2.75) is 6.42 Å². The summed E-state index contributed by atoms with van der Waals surface area (Å²) in [5.41, 5.74) is 0.643. The number of hydrogen-bond acceptors (Lipinski definition) is 4. The van der Waals surface area contributed by atoms with Crippen LogP contribution in [0.25, 0.3) is 11.3 Å². The fourth-order valence-corrected chi connectivity index (χ4v) is 2.84. The van der Waals surface area contributed by atoms with Crippen LogP contribution in [0, 0.1) is 5.92 Å². The van der Waals surface area contributed by atoms with Gasteiger partial charge in [0.2, 0.25) is 11.8 Å². The van der Waals surface area contributed by atoms with E-state index in [0.717, 1.165) is 0 Å². The average molecular weight is 369 g/mol. The molecule has 1 fully saturated rings. The number of rotatable bonds is 3. The van der Waals surface area contributed by atoms with Gasteiger partial charge in [-0.3, -0.25) is 9.59 Å². The first-order chi connectivity index (χ1) is 10.9. The van der Waals surface area contributed by atoms with Gasteiger partial charge < -0.3 is 15.1 Å². The highest BCUT2D eigenvalue weighted by Gasteiger charge is 2.33. The van der Waals surface area contributed by atoms with Crippen molar-refractivity contribution in [1.82, 2.24) is 10.6 Å². The third-order valence-electron chi connectivity index (χ3n) is 3.37.